The van der Waals surface area contributed by atoms with E-state index in [-0.39, 0.29) is 0 Å². The van der Waals surface area contributed by atoms with Gasteiger partial charge in [0, 0.05) is 18.6 Å². The van der Waals surface area contributed by atoms with Gasteiger partial charge in [-0.05, 0) is 34.0 Å². The minimum Gasteiger partial charge on any atom is -0.308 e. The van der Waals surface area contributed by atoms with E-state index < -0.39 is 0 Å². The Morgan fingerprint density at radius 3 is 2.20 bits per heavy atom. The van der Waals surface area contributed by atoms with Crippen molar-refractivity contribution in [2.45, 2.75) is 45.7 Å². The van der Waals surface area contributed by atoms with Gasteiger partial charge in [0.2, 0.25) is 0 Å². The molecule has 3 nitrogen and oxygen atoms in total. The van der Waals surface area contributed by atoms with Gasteiger partial charge in [-0.25, -0.2) is 0 Å². The van der Waals surface area contributed by atoms with Gasteiger partial charge in [-0.15, -0.1) is 0 Å². The first kappa shape index (κ1) is 14.4. The minimum absolute atomic E-state index is 0.412. The van der Waals surface area contributed by atoms with Crippen LogP contribution in [0.4, 0.5) is 0 Å². The van der Waals surface area contributed by atoms with E-state index in [0.717, 1.165) is 19.5 Å². The Hall–Kier alpha value is -0.590. The standard InChI is InChI=1S/C12H25N3/c1-6-12(8-9-13)15(7-2)11(3)10-14(4)5/h11-12H,6-8,10H2,1-5H3. The summed E-state index contributed by atoms with van der Waals surface area (Å²) in [5.41, 5.74) is 0. The van der Waals surface area contributed by atoms with Crippen molar-refractivity contribution in [1.29, 1.82) is 5.26 Å². The number of nitriles is 1. The maximum atomic E-state index is 8.79. The molecule has 0 saturated heterocycles. The molecule has 3 heteroatoms. The van der Waals surface area contributed by atoms with Crippen molar-refractivity contribution in [3.05, 3.63) is 0 Å². The second kappa shape index (κ2) is 7.67. The topological polar surface area (TPSA) is 30.3 Å². The zero-order chi connectivity index (χ0) is 11.8. The third-order valence-corrected chi connectivity index (χ3v) is 2.83. The Bertz CT molecular complexity index is 196. The van der Waals surface area contributed by atoms with E-state index in [9.17, 15) is 0 Å². The third kappa shape index (κ3) is 5.15. The van der Waals surface area contributed by atoms with Crippen molar-refractivity contribution >= 4 is 0 Å². The molecule has 0 fully saturated rings. The molecule has 88 valence electrons. The molecule has 0 amide bonds. The van der Waals surface area contributed by atoms with Gasteiger partial charge in [-0.2, -0.15) is 5.26 Å². The molecule has 0 radical (unpaired) electrons. The number of likely N-dealkylation sites (N-methyl/N-ethyl adjacent to an activating group) is 2. The van der Waals surface area contributed by atoms with Crippen LogP contribution >= 0.6 is 0 Å². The summed E-state index contributed by atoms with van der Waals surface area (Å²) < 4.78 is 0. The molecule has 0 aliphatic carbocycles. The molecule has 0 spiro atoms. The molecule has 0 bridgehead atoms. The minimum atomic E-state index is 0.412. The van der Waals surface area contributed by atoms with E-state index in [1.807, 2.05) is 0 Å². The Labute approximate surface area is 94.7 Å². The lowest BCUT2D eigenvalue weighted by molar-refractivity contribution is 0.126. The van der Waals surface area contributed by atoms with Crippen LogP contribution in [-0.4, -0.2) is 49.1 Å². The molecule has 15 heavy (non-hydrogen) atoms. The summed E-state index contributed by atoms with van der Waals surface area (Å²) in [7, 11) is 4.19. The predicted octanol–water partition coefficient (Wildman–Crippen LogP) is 1.95. The normalized spacial score (nSPS) is 15.3. The fraction of sp³-hybridized carbons (Fsp3) is 0.917. The van der Waals surface area contributed by atoms with Crippen LogP contribution in [0.25, 0.3) is 0 Å². The van der Waals surface area contributed by atoms with Gasteiger partial charge >= 0.3 is 0 Å². The van der Waals surface area contributed by atoms with Crippen LogP contribution < -0.4 is 0 Å². The second-order valence-corrected chi connectivity index (χ2v) is 4.37. The molecule has 0 aliphatic rings. The summed E-state index contributed by atoms with van der Waals surface area (Å²) in [6, 6.07) is 3.22. The molecule has 0 N–H and O–H groups in total. The van der Waals surface area contributed by atoms with E-state index in [2.05, 4.69) is 50.7 Å². The van der Waals surface area contributed by atoms with Crippen LogP contribution in [0.1, 0.15) is 33.6 Å². The van der Waals surface area contributed by atoms with Gasteiger partial charge in [0.1, 0.15) is 0 Å². The summed E-state index contributed by atoms with van der Waals surface area (Å²) in [5.74, 6) is 0. The van der Waals surface area contributed by atoms with E-state index in [1.165, 1.54) is 0 Å². The van der Waals surface area contributed by atoms with Gasteiger partial charge in [-0.3, -0.25) is 4.90 Å². The van der Waals surface area contributed by atoms with Crippen LogP contribution in [0.2, 0.25) is 0 Å². The van der Waals surface area contributed by atoms with Crippen LogP contribution in [0.5, 0.6) is 0 Å². The van der Waals surface area contributed by atoms with E-state index in [0.29, 0.717) is 18.5 Å². The molecule has 0 aromatic rings. The van der Waals surface area contributed by atoms with Crippen LogP contribution in [0, 0.1) is 11.3 Å². The van der Waals surface area contributed by atoms with Crippen molar-refractivity contribution in [2.75, 3.05) is 27.2 Å². The summed E-state index contributed by atoms with van der Waals surface area (Å²) >= 11 is 0. The van der Waals surface area contributed by atoms with Gasteiger partial charge in [0.15, 0.2) is 0 Å². The summed E-state index contributed by atoms with van der Waals surface area (Å²) in [6.45, 7) is 8.65. The average molecular weight is 211 g/mol. The lowest BCUT2D eigenvalue weighted by atomic mass is 10.1. The zero-order valence-electron chi connectivity index (χ0n) is 10.8. The van der Waals surface area contributed by atoms with Crippen LogP contribution in [-0.2, 0) is 0 Å². The molecule has 0 rings (SSSR count). The van der Waals surface area contributed by atoms with Crippen LogP contribution in [0.3, 0.4) is 0 Å². The molecular formula is C12H25N3. The highest BCUT2D eigenvalue weighted by Gasteiger charge is 2.20. The number of rotatable bonds is 7. The molecule has 0 aromatic carbocycles. The largest absolute Gasteiger partial charge is 0.308 e. The Kier molecular flexibility index (Phi) is 7.37. The molecular weight excluding hydrogens is 186 g/mol. The maximum absolute atomic E-state index is 8.79. The highest BCUT2D eigenvalue weighted by molar-refractivity contribution is 4.84. The third-order valence-electron chi connectivity index (χ3n) is 2.83. The maximum Gasteiger partial charge on any atom is 0.0638 e. The fourth-order valence-electron chi connectivity index (χ4n) is 2.16. The fourth-order valence-corrected chi connectivity index (χ4v) is 2.16. The predicted molar refractivity (Wildman–Crippen MR) is 64.7 cm³/mol. The molecule has 0 saturated carbocycles. The number of hydrogen-bond donors (Lipinski definition) is 0. The SMILES string of the molecule is CCC(CC#N)N(CC)C(C)CN(C)C. The van der Waals surface area contributed by atoms with Crippen molar-refractivity contribution in [1.82, 2.24) is 9.80 Å². The van der Waals surface area contributed by atoms with Crippen molar-refractivity contribution in [3.63, 3.8) is 0 Å². The van der Waals surface area contributed by atoms with Crippen LogP contribution in [0.15, 0.2) is 0 Å². The van der Waals surface area contributed by atoms with Gasteiger partial charge in [-0.1, -0.05) is 13.8 Å². The van der Waals surface area contributed by atoms with Crippen molar-refractivity contribution in [3.8, 4) is 6.07 Å². The van der Waals surface area contributed by atoms with Gasteiger partial charge in [0.25, 0.3) is 0 Å². The lowest BCUT2D eigenvalue weighted by Crippen LogP contribution is -2.45. The average Bonchev–Trinajstić information content (AvgIpc) is 2.16. The molecule has 0 aliphatic heterocycles. The Morgan fingerprint density at radius 1 is 1.27 bits per heavy atom. The first-order chi connectivity index (χ1) is 7.06. The Morgan fingerprint density at radius 2 is 1.87 bits per heavy atom. The lowest BCUT2D eigenvalue weighted by Gasteiger charge is -2.35. The first-order valence-electron chi connectivity index (χ1n) is 5.84. The summed E-state index contributed by atoms with van der Waals surface area (Å²) in [5, 5.41) is 8.79. The molecule has 0 aromatic heterocycles. The van der Waals surface area contributed by atoms with Crippen molar-refractivity contribution in [2.24, 2.45) is 0 Å². The van der Waals surface area contributed by atoms with Crippen molar-refractivity contribution < 1.29 is 0 Å². The van der Waals surface area contributed by atoms with Gasteiger partial charge < -0.3 is 4.90 Å². The Balaban J connectivity index is 4.36. The smallest absolute Gasteiger partial charge is 0.0638 e. The van der Waals surface area contributed by atoms with E-state index in [1.54, 1.807) is 0 Å². The molecule has 2 unspecified atom stereocenters. The van der Waals surface area contributed by atoms with E-state index in [4.69, 9.17) is 5.26 Å². The quantitative estimate of drug-likeness (QED) is 0.645. The summed E-state index contributed by atoms with van der Waals surface area (Å²) in [4.78, 5) is 4.63. The summed E-state index contributed by atoms with van der Waals surface area (Å²) in [6.07, 6.45) is 1.70. The first-order valence-corrected chi connectivity index (χ1v) is 5.84. The highest BCUT2D eigenvalue weighted by Crippen LogP contribution is 2.12. The molecule has 2 atom stereocenters. The molecule has 0 heterocycles. The second-order valence-electron chi connectivity index (χ2n) is 4.37. The number of hydrogen-bond acceptors (Lipinski definition) is 3. The van der Waals surface area contributed by atoms with E-state index >= 15 is 0 Å². The monoisotopic (exact) mass is 211 g/mol. The number of nitrogens with zero attached hydrogens (tertiary/aromatic N) is 3. The van der Waals surface area contributed by atoms with Gasteiger partial charge in [0.05, 0.1) is 12.5 Å². The zero-order valence-corrected chi connectivity index (χ0v) is 10.8. The highest BCUT2D eigenvalue weighted by atomic mass is 15.2.